The van der Waals surface area contributed by atoms with Gasteiger partial charge in [0.1, 0.15) is 0 Å². The van der Waals surface area contributed by atoms with Crippen LogP contribution < -0.4 is 0 Å². The van der Waals surface area contributed by atoms with Crippen molar-refractivity contribution >= 4 is 11.9 Å². The highest BCUT2D eigenvalue weighted by molar-refractivity contribution is 6.00. The maximum Gasteiger partial charge on any atom is 0.318 e. The molecule has 0 aromatic heterocycles. The lowest BCUT2D eigenvalue weighted by Gasteiger charge is -2.48. The van der Waals surface area contributed by atoms with Crippen LogP contribution in [-0.4, -0.2) is 11.9 Å². The van der Waals surface area contributed by atoms with Gasteiger partial charge in [-0.3, -0.25) is 9.59 Å². The summed E-state index contributed by atoms with van der Waals surface area (Å²) >= 11 is 0. The summed E-state index contributed by atoms with van der Waals surface area (Å²) in [7, 11) is 0. The second kappa shape index (κ2) is 4.60. The number of ether oxygens (including phenoxy) is 1. The molecule has 3 nitrogen and oxygen atoms in total. The van der Waals surface area contributed by atoms with E-state index in [9.17, 15) is 9.59 Å². The lowest BCUT2D eigenvalue weighted by Crippen LogP contribution is -2.43. The minimum absolute atomic E-state index is 0.0706. The maximum atomic E-state index is 12.6. The van der Waals surface area contributed by atoms with Crippen LogP contribution in [0.1, 0.15) is 56.3 Å². The largest absolute Gasteiger partial charge is 0.393 e. The van der Waals surface area contributed by atoms with Crippen molar-refractivity contribution in [3.63, 3.8) is 0 Å². The zero-order valence-corrected chi connectivity index (χ0v) is 14.8. The lowest BCUT2D eigenvalue weighted by atomic mass is 9.52. The first-order valence-corrected chi connectivity index (χ1v) is 8.87. The first-order chi connectivity index (χ1) is 11.9. The second-order valence-corrected chi connectivity index (χ2v) is 7.80. The minimum Gasteiger partial charge on any atom is -0.393 e. The molecule has 1 saturated heterocycles. The summed E-state index contributed by atoms with van der Waals surface area (Å²) in [5.41, 5.74) is 9.80. The Balaban J connectivity index is 1.96. The summed E-state index contributed by atoms with van der Waals surface area (Å²) in [6.45, 7) is 8.45. The zero-order chi connectivity index (χ0) is 17.6. The van der Waals surface area contributed by atoms with Crippen LogP contribution >= 0.6 is 0 Å². The average molecular weight is 332 g/mol. The monoisotopic (exact) mass is 332 g/mol. The Morgan fingerprint density at radius 2 is 0.880 bits per heavy atom. The summed E-state index contributed by atoms with van der Waals surface area (Å²) in [4.78, 5) is 25.2. The van der Waals surface area contributed by atoms with Crippen molar-refractivity contribution < 1.29 is 14.3 Å². The van der Waals surface area contributed by atoms with Crippen LogP contribution in [0.5, 0.6) is 0 Å². The van der Waals surface area contributed by atoms with Crippen molar-refractivity contribution in [3.05, 3.63) is 68.8 Å². The number of rotatable bonds is 0. The van der Waals surface area contributed by atoms with Crippen molar-refractivity contribution in [2.45, 2.75) is 39.5 Å². The molecule has 0 spiro atoms. The first-order valence-electron chi connectivity index (χ1n) is 8.87. The van der Waals surface area contributed by atoms with Gasteiger partial charge in [0.25, 0.3) is 0 Å². The summed E-state index contributed by atoms with van der Waals surface area (Å²) < 4.78 is 5.13. The maximum absolute atomic E-state index is 12.6. The number of aryl methyl sites for hydroxylation is 4. The van der Waals surface area contributed by atoms with E-state index in [4.69, 9.17) is 4.74 Å². The highest BCUT2D eigenvalue weighted by Gasteiger charge is 2.61. The fraction of sp³-hybridized carbons (Fsp3) is 0.364. The van der Waals surface area contributed by atoms with Gasteiger partial charge >= 0.3 is 11.9 Å². The van der Waals surface area contributed by atoms with E-state index < -0.39 is 0 Å². The average Bonchev–Trinajstić information content (AvgIpc) is 2.89. The zero-order valence-electron chi connectivity index (χ0n) is 14.8. The van der Waals surface area contributed by atoms with E-state index in [0.29, 0.717) is 0 Å². The molecule has 6 rings (SSSR count). The molecule has 1 heterocycles. The molecule has 2 aromatic rings. The third kappa shape index (κ3) is 1.61. The molecule has 1 fully saturated rings. The van der Waals surface area contributed by atoms with E-state index in [2.05, 4.69) is 52.0 Å². The van der Waals surface area contributed by atoms with Crippen LogP contribution in [0.25, 0.3) is 0 Å². The number of carbonyl (C=O) groups excluding carboxylic acids is 2. The number of benzene rings is 2. The molecule has 1 aliphatic heterocycles. The molecule has 3 aliphatic carbocycles. The molecule has 2 aromatic carbocycles. The fourth-order valence-electron chi connectivity index (χ4n) is 5.58. The number of carbonyl (C=O) groups is 2. The smallest absolute Gasteiger partial charge is 0.318 e. The van der Waals surface area contributed by atoms with Gasteiger partial charge in [-0.1, -0.05) is 24.3 Å². The number of hydrogen-bond donors (Lipinski definition) is 0. The van der Waals surface area contributed by atoms with Crippen molar-refractivity contribution in [2.24, 2.45) is 11.8 Å². The Labute approximate surface area is 147 Å². The normalized spacial score (nSPS) is 28.5. The summed E-state index contributed by atoms with van der Waals surface area (Å²) in [5.74, 6) is -1.58. The van der Waals surface area contributed by atoms with Crippen molar-refractivity contribution in [3.8, 4) is 0 Å². The highest BCUT2D eigenvalue weighted by atomic mass is 16.6. The minimum atomic E-state index is -0.376. The third-order valence-electron chi connectivity index (χ3n) is 6.54. The lowest BCUT2D eigenvalue weighted by molar-refractivity contribution is -0.153. The van der Waals surface area contributed by atoms with E-state index in [1.54, 1.807) is 0 Å². The Bertz CT molecular complexity index is 848. The van der Waals surface area contributed by atoms with Gasteiger partial charge in [0.2, 0.25) is 0 Å². The molecular weight excluding hydrogens is 312 g/mol. The molecule has 2 atom stereocenters. The van der Waals surface area contributed by atoms with Crippen LogP contribution in [0.2, 0.25) is 0 Å². The van der Waals surface area contributed by atoms with Gasteiger partial charge in [-0.2, -0.15) is 0 Å². The van der Waals surface area contributed by atoms with Crippen molar-refractivity contribution in [1.29, 1.82) is 0 Å². The first kappa shape index (κ1) is 14.9. The molecule has 126 valence electrons. The molecule has 0 amide bonds. The standard InChI is InChI=1S/C22H20O3/c1-9-5-6-10(2)14-13(9)17-15-11(3)7-8-12(4)16(15)18(14)20-19(17)21(23)25-22(20)24/h5-8,17-20H,1-4H3. The van der Waals surface area contributed by atoms with Gasteiger partial charge in [-0.15, -0.1) is 0 Å². The molecule has 2 bridgehead atoms. The van der Waals surface area contributed by atoms with Gasteiger partial charge in [0.05, 0.1) is 11.8 Å². The van der Waals surface area contributed by atoms with Crippen LogP contribution in [0.3, 0.4) is 0 Å². The molecule has 25 heavy (non-hydrogen) atoms. The number of esters is 2. The van der Waals surface area contributed by atoms with Gasteiger partial charge in [-0.25, -0.2) is 0 Å². The highest BCUT2D eigenvalue weighted by Crippen LogP contribution is 2.63. The van der Waals surface area contributed by atoms with Crippen LogP contribution in [0, 0.1) is 39.5 Å². The predicted octanol–water partition coefficient (Wildman–Crippen LogP) is 3.83. The SMILES string of the molecule is Cc1ccc(C)c2c1C1c3c(C)ccc(C)c3C2C2C(=O)OC(=O)C12. The van der Waals surface area contributed by atoms with Crippen LogP contribution in [0.4, 0.5) is 0 Å². The van der Waals surface area contributed by atoms with Crippen LogP contribution in [-0.2, 0) is 14.3 Å². The second-order valence-electron chi connectivity index (χ2n) is 7.80. The van der Waals surface area contributed by atoms with E-state index >= 15 is 0 Å². The summed E-state index contributed by atoms with van der Waals surface area (Å²) in [6, 6.07) is 8.54. The molecule has 0 radical (unpaired) electrons. The Morgan fingerprint density at radius 3 is 1.16 bits per heavy atom. The summed E-state index contributed by atoms with van der Waals surface area (Å²) in [5, 5.41) is 0. The van der Waals surface area contributed by atoms with E-state index in [1.807, 2.05) is 0 Å². The Hall–Kier alpha value is -2.42. The van der Waals surface area contributed by atoms with Gasteiger partial charge < -0.3 is 4.74 Å². The van der Waals surface area contributed by atoms with Crippen molar-refractivity contribution in [2.75, 3.05) is 0 Å². The molecule has 3 heteroatoms. The van der Waals surface area contributed by atoms with E-state index in [-0.39, 0.29) is 35.6 Å². The van der Waals surface area contributed by atoms with E-state index in [1.165, 1.54) is 44.5 Å². The van der Waals surface area contributed by atoms with Gasteiger partial charge in [0.15, 0.2) is 0 Å². The van der Waals surface area contributed by atoms with Gasteiger partial charge in [0, 0.05) is 11.8 Å². The molecule has 4 aliphatic rings. The quantitative estimate of drug-likeness (QED) is 0.544. The molecule has 2 unspecified atom stereocenters. The molecule has 0 N–H and O–H groups in total. The summed E-state index contributed by atoms with van der Waals surface area (Å²) in [6.07, 6.45) is 0. The Morgan fingerprint density at radius 1 is 0.600 bits per heavy atom. The molecular formula is C22H20O3. The molecule has 0 saturated carbocycles. The third-order valence-corrected chi connectivity index (χ3v) is 6.54. The van der Waals surface area contributed by atoms with Gasteiger partial charge in [-0.05, 0) is 72.2 Å². The number of cyclic esters (lactones) is 2. The fourth-order valence-corrected chi connectivity index (χ4v) is 5.58. The predicted molar refractivity (Wildman–Crippen MR) is 93.6 cm³/mol. The topological polar surface area (TPSA) is 43.4 Å². The van der Waals surface area contributed by atoms with Crippen LogP contribution in [0.15, 0.2) is 24.3 Å². The Kier molecular flexibility index (Phi) is 2.74. The van der Waals surface area contributed by atoms with E-state index in [0.717, 1.165) is 0 Å². The number of hydrogen-bond acceptors (Lipinski definition) is 3. The van der Waals surface area contributed by atoms with Crippen molar-refractivity contribution in [1.82, 2.24) is 0 Å².